The van der Waals surface area contributed by atoms with Crippen LogP contribution in [-0.2, 0) is 16.1 Å². The van der Waals surface area contributed by atoms with E-state index in [1.807, 2.05) is 18.2 Å². The second-order valence-corrected chi connectivity index (χ2v) is 7.31. The Balaban J connectivity index is 1.56. The van der Waals surface area contributed by atoms with Crippen LogP contribution in [-0.4, -0.2) is 55.6 Å². The lowest BCUT2D eigenvalue weighted by Crippen LogP contribution is -2.41. The smallest absolute Gasteiger partial charge is 0.224 e. The number of nitrogens with zero attached hydrogens (tertiary/aromatic N) is 2. The molecule has 0 unspecified atom stereocenters. The monoisotopic (exact) mass is 336 g/mol. The van der Waals surface area contributed by atoms with E-state index >= 15 is 0 Å². The summed E-state index contributed by atoms with van der Waals surface area (Å²) in [7, 11) is 3.61. The number of hydrogen-bond acceptors (Lipinski definition) is 3. The van der Waals surface area contributed by atoms with Crippen molar-refractivity contribution >= 4 is 17.5 Å². The minimum Gasteiger partial charge on any atom is -0.377 e. The predicted octanol–water partition coefficient (Wildman–Crippen LogP) is 2.66. The van der Waals surface area contributed by atoms with E-state index in [2.05, 4.69) is 11.0 Å². The third kappa shape index (κ3) is 3.87. The minimum atomic E-state index is 0.0948. The van der Waals surface area contributed by atoms with Gasteiger partial charge in [-0.05, 0) is 30.5 Å². The number of benzene rings is 1. The summed E-state index contributed by atoms with van der Waals surface area (Å²) in [6.07, 6.45) is 1.71. The largest absolute Gasteiger partial charge is 0.377 e. The van der Waals surface area contributed by atoms with E-state index in [9.17, 15) is 4.79 Å². The number of hydrogen-bond donors (Lipinski definition) is 0. The first kappa shape index (κ1) is 16.7. The van der Waals surface area contributed by atoms with E-state index in [0.717, 1.165) is 37.7 Å². The van der Waals surface area contributed by atoms with E-state index in [1.54, 1.807) is 19.0 Å². The van der Waals surface area contributed by atoms with Crippen molar-refractivity contribution in [1.82, 2.24) is 9.80 Å². The van der Waals surface area contributed by atoms with Gasteiger partial charge in [-0.25, -0.2) is 0 Å². The summed E-state index contributed by atoms with van der Waals surface area (Å²) in [6, 6.07) is 8.05. The van der Waals surface area contributed by atoms with Crippen LogP contribution in [0.2, 0.25) is 5.02 Å². The van der Waals surface area contributed by atoms with Crippen molar-refractivity contribution in [3.8, 4) is 0 Å². The zero-order chi connectivity index (χ0) is 16.4. The third-order valence-corrected chi connectivity index (χ3v) is 5.47. The number of rotatable bonds is 4. The summed E-state index contributed by atoms with van der Waals surface area (Å²) < 4.78 is 5.94. The minimum absolute atomic E-state index is 0.0948. The van der Waals surface area contributed by atoms with Crippen LogP contribution in [0.15, 0.2) is 24.3 Å². The number of amides is 1. The highest BCUT2D eigenvalue weighted by Gasteiger charge is 2.41. The van der Waals surface area contributed by atoms with Gasteiger partial charge in [0.05, 0.1) is 19.1 Å². The average Bonchev–Trinajstić information content (AvgIpc) is 2.92. The molecule has 2 saturated heterocycles. The van der Waals surface area contributed by atoms with Crippen LogP contribution in [0, 0.1) is 11.8 Å². The number of carbonyl (C=O) groups is 1. The van der Waals surface area contributed by atoms with E-state index in [4.69, 9.17) is 16.3 Å². The third-order valence-electron chi connectivity index (χ3n) is 5.11. The zero-order valence-electron chi connectivity index (χ0n) is 13.9. The maximum absolute atomic E-state index is 11.9. The molecule has 23 heavy (non-hydrogen) atoms. The van der Waals surface area contributed by atoms with Gasteiger partial charge in [0.2, 0.25) is 5.91 Å². The van der Waals surface area contributed by atoms with E-state index in [-0.39, 0.29) is 12.0 Å². The highest BCUT2D eigenvalue weighted by molar-refractivity contribution is 6.31. The number of halogens is 1. The van der Waals surface area contributed by atoms with Gasteiger partial charge in [0.15, 0.2) is 0 Å². The van der Waals surface area contributed by atoms with Crippen molar-refractivity contribution in [1.29, 1.82) is 0 Å². The van der Waals surface area contributed by atoms with Crippen molar-refractivity contribution in [3.63, 3.8) is 0 Å². The van der Waals surface area contributed by atoms with Crippen LogP contribution in [0.25, 0.3) is 0 Å². The predicted molar refractivity (Wildman–Crippen MR) is 91.4 cm³/mol. The van der Waals surface area contributed by atoms with Gasteiger partial charge in [-0.3, -0.25) is 9.69 Å². The standard InChI is InChI=1S/C18H25ClN2O2/c1-20(2)18(22)9-17-15-7-8-21(11-14(15)12-23-17)10-13-5-3-4-6-16(13)19/h3-6,14-15,17H,7-12H2,1-2H3/t14-,15-,17-/m0/s1. The van der Waals surface area contributed by atoms with Gasteiger partial charge in [0.1, 0.15) is 0 Å². The number of carbonyl (C=O) groups excluding carboxylic acids is 1. The maximum Gasteiger partial charge on any atom is 0.224 e. The highest BCUT2D eigenvalue weighted by atomic mass is 35.5. The molecule has 2 heterocycles. The molecule has 1 amide bonds. The summed E-state index contributed by atoms with van der Waals surface area (Å²) in [6.45, 7) is 3.74. The van der Waals surface area contributed by atoms with E-state index < -0.39 is 0 Å². The van der Waals surface area contributed by atoms with Crippen molar-refractivity contribution in [3.05, 3.63) is 34.9 Å². The Morgan fingerprint density at radius 2 is 2.17 bits per heavy atom. The molecule has 0 radical (unpaired) electrons. The van der Waals surface area contributed by atoms with Gasteiger partial charge in [0.25, 0.3) is 0 Å². The van der Waals surface area contributed by atoms with Gasteiger partial charge in [0, 0.05) is 38.1 Å². The second-order valence-electron chi connectivity index (χ2n) is 6.90. The first-order valence-electron chi connectivity index (χ1n) is 8.32. The zero-order valence-corrected chi connectivity index (χ0v) is 14.6. The lowest BCUT2D eigenvalue weighted by atomic mass is 9.83. The van der Waals surface area contributed by atoms with Gasteiger partial charge in [-0.15, -0.1) is 0 Å². The first-order valence-corrected chi connectivity index (χ1v) is 8.70. The van der Waals surface area contributed by atoms with Gasteiger partial charge in [-0.1, -0.05) is 29.8 Å². The molecule has 2 fully saturated rings. The van der Waals surface area contributed by atoms with Crippen LogP contribution >= 0.6 is 11.6 Å². The summed E-state index contributed by atoms with van der Waals surface area (Å²) in [5.74, 6) is 1.21. The average molecular weight is 337 g/mol. The first-order chi connectivity index (χ1) is 11.0. The highest BCUT2D eigenvalue weighted by Crippen LogP contribution is 2.36. The van der Waals surface area contributed by atoms with Gasteiger partial charge in [-0.2, -0.15) is 0 Å². The molecule has 4 nitrogen and oxygen atoms in total. The lowest BCUT2D eigenvalue weighted by molar-refractivity contribution is -0.131. The van der Waals surface area contributed by atoms with E-state index in [1.165, 1.54) is 5.56 Å². The SMILES string of the molecule is CN(C)C(=O)C[C@@H]1OC[C@@H]2CN(Cc3ccccc3Cl)CC[C@@H]21. The maximum atomic E-state index is 11.9. The van der Waals surface area contributed by atoms with Crippen LogP contribution in [0.3, 0.4) is 0 Å². The van der Waals surface area contributed by atoms with Crippen molar-refractivity contribution < 1.29 is 9.53 Å². The molecular weight excluding hydrogens is 312 g/mol. The summed E-state index contributed by atoms with van der Waals surface area (Å²) in [4.78, 5) is 16.1. The fourth-order valence-electron chi connectivity index (χ4n) is 3.74. The molecule has 2 aliphatic rings. The fraction of sp³-hybridized carbons (Fsp3) is 0.611. The summed E-state index contributed by atoms with van der Waals surface area (Å²) in [5.41, 5.74) is 1.19. The number of fused-ring (bicyclic) bond motifs is 1. The fourth-order valence-corrected chi connectivity index (χ4v) is 3.93. The molecule has 1 aromatic carbocycles. The molecule has 0 aromatic heterocycles. The number of ether oxygens (including phenoxy) is 1. The molecule has 0 saturated carbocycles. The molecule has 126 valence electrons. The van der Waals surface area contributed by atoms with Crippen molar-refractivity contribution in [2.24, 2.45) is 11.8 Å². The Hall–Kier alpha value is -1.10. The van der Waals surface area contributed by atoms with E-state index in [0.29, 0.717) is 18.3 Å². The molecule has 0 spiro atoms. The Bertz CT molecular complexity index is 564. The molecule has 0 N–H and O–H groups in total. The molecule has 0 bridgehead atoms. The molecule has 3 rings (SSSR count). The molecule has 0 aliphatic carbocycles. The molecule has 5 heteroatoms. The summed E-state index contributed by atoms with van der Waals surface area (Å²) in [5, 5.41) is 0.840. The quantitative estimate of drug-likeness (QED) is 0.847. The Morgan fingerprint density at radius 3 is 2.91 bits per heavy atom. The van der Waals surface area contributed by atoms with Crippen molar-refractivity contribution in [2.75, 3.05) is 33.8 Å². The second kappa shape index (κ2) is 7.20. The van der Waals surface area contributed by atoms with Crippen LogP contribution < -0.4 is 0 Å². The van der Waals surface area contributed by atoms with Crippen LogP contribution in [0.5, 0.6) is 0 Å². The molecular formula is C18H25ClN2O2. The van der Waals surface area contributed by atoms with Crippen molar-refractivity contribution in [2.45, 2.75) is 25.5 Å². The molecule has 1 aromatic rings. The van der Waals surface area contributed by atoms with Crippen LogP contribution in [0.1, 0.15) is 18.4 Å². The molecule has 3 atom stereocenters. The normalized spacial score (nSPS) is 27.7. The Morgan fingerprint density at radius 1 is 1.39 bits per heavy atom. The summed E-state index contributed by atoms with van der Waals surface area (Å²) >= 11 is 6.27. The lowest BCUT2D eigenvalue weighted by Gasteiger charge is -2.35. The van der Waals surface area contributed by atoms with Crippen LogP contribution in [0.4, 0.5) is 0 Å². The topological polar surface area (TPSA) is 32.8 Å². The Kier molecular flexibility index (Phi) is 5.24. The number of likely N-dealkylation sites (tertiary alicyclic amines) is 1. The molecule has 2 aliphatic heterocycles. The Labute approximate surface area is 143 Å². The number of piperidine rings is 1. The van der Waals surface area contributed by atoms with Gasteiger partial charge < -0.3 is 9.64 Å². The van der Waals surface area contributed by atoms with Gasteiger partial charge >= 0.3 is 0 Å².